The van der Waals surface area contributed by atoms with E-state index in [2.05, 4.69) is 31.9 Å². The number of halogens is 2. The Balaban J connectivity index is 2.22. The summed E-state index contributed by atoms with van der Waals surface area (Å²) in [6, 6.07) is 5.98. The summed E-state index contributed by atoms with van der Waals surface area (Å²) in [7, 11) is 0. The number of aliphatic hydroxyl groups is 1. The van der Waals surface area contributed by atoms with Crippen molar-refractivity contribution in [3.63, 3.8) is 0 Å². The van der Waals surface area contributed by atoms with Gasteiger partial charge >= 0.3 is 0 Å². The topological polar surface area (TPSA) is 32.8 Å². The van der Waals surface area contributed by atoms with Crippen molar-refractivity contribution >= 4 is 31.9 Å². The van der Waals surface area contributed by atoms with Gasteiger partial charge in [0.2, 0.25) is 0 Å². The van der Waals surface area contributed by atoms with Crippen LogP contribution in [-0.4, -0.2) is 17.8 Å². The lowest BCUT2D eigenvalue weighted by Gasteiger charge is -1.98. The van der Waals surface area contributed by atoms with E-state index in [1.54, 1.807) is 0 Å². The molecule has 0 radical (unpaired) electrons. The van der Waals surface area contributed by atoms with E-state index in [1.165, 1.54) is 0 Å². The average molecular weight is 308 g/mol. The molecule has 0 aliphatic carbocycles. The van der Waals surface area contributed by atoms with Gasteiger partial charge in [0.05, 0.1) is 6.61 Å². The monoisotopic (exact) mass is 306 g/mol. The zero-order chi connectivity index (χ0) is 9.42. The minimum atomic E-state index is -0.0128. The predicted molar refractivity (Wildman–Crippen MR) is 56.5 cm³/mol. The molecule has 1 N–H and O–H groups in total. The third kappa shape index (κ3) is 2.13. The second-order valence-electron chi connectivity index (χ2n) is 2.98. The predicted octanol–water partition coefficient (Wildman–Crippen LogP) is 2.64. The van der Waals surface area contributed by atoms with Crippen molar-refractivity contribution in [3.8, 4) is 0 Å². The second kappa shape index (κ2) is 3.69. The second-order valence-corrected chi connectivity index (χ2v) is 4.81. The molecule has 2 nitrogen and oxygen atoms in total. The first-order chi connectivity index (χ1) is 6.20. The Kier molecular flexibility index (Phi) is 2.74. The van der Waals surface area contributed by atoms with Crippen molar-refractivity contribution < 1.29 is 9.84 Å². The third-order valence-electron chi connectivity index (χ3n) is 1.98. The molecule has 1 aliphatic heterocycles. The average Bonchev–Trinajstić information content (AvgIpc) is 2.80. The quantitative estimate of drug-likeness (QED) is 0.852. The molecular formula is C9H8Br2O2. The highest BCUT2D eigenvalue weighted by Gasteiger charge is 2.39. The van der Waals surface area contributed by atoms with E-state index in [4.69, 9.17) is 9.84 Å². The summed E-state index contributed by atoms with van der Waals surface area (Å²) in [5.41, 5.74) is 1.10. The van der Waals surface area contributed by atoms with Gasteiger partial charge in [-0.2, -0.15) is 0 Å². The lowest BCUT2D eigenvalue weighted by atomic mass is 10.1. The molecule has 0 spiro atoms. The molecule has 1 aromatic rings. The van der Waals surface area contributed by atoms with Crippen LogP contribution in [0, 0.1) is 0 Å². The Morgan fingerprint density at radius 3 is 2.31 bits per heavy atom. The van der Waals surface area contributed by atoms with Gasteiger partial charge in [-0.3, -0.25) is 0 Å². The van der Waals surface area contributed by atoms with Crippen LogP contribution in [0.3, 0.4) is 0 Å². The van der Waals surface area contributed by atoms with Crippen molar-refractivity contribution in [2.75, 3.05) is 6.61 Å². The van der Waals surface area contributed by atoms with Crippen LogP contribution in [0.15, 0.2) is 27.1 Å². The minimum absolute atomic E-state index is 0.0128. The van der Waals surface area contributed by atoms with Gasteiger partial charge in [0.1, 0.15) is 12.2 Å². The SMILES string of the molecule is OC[C@@H]1O[C@H]1c1cc(Br)cc(Br)c1. The molecule has 1 heterocycles. The Hall–Kier alpha value is 0.1000. The van der Waals surface area contributed by atoms with E-state index in [0.29, 0.717) is 0 Å². The van der Waals surface area contributed by atoms with Gasteiger partial charge in [-0.15, -0.1) is 0 Å². The molecule has 13 heavy (non-hydrogen) atoms. The maximum Gasteiger partial charge on any atom is 0.112 e. The number of rotatable bonds is 2. The molecule has 1 saturated heterocycles. The van der Waals surface area contributed by atoms with Crippen LogP contribution < -0.4 is 0 Å². The lowest BCUT2D eigenvalue weighted by molar-refractivity contribution is 0.242. The fraction of sp³-hybridized carbons (Fsp3) is 0.333. The summed E-state index contributed by atoms with van der Waals surface area (Å²) in [6.45, 7) is 0.0921. The number of hydrogen-bond acceptors (Lipinski definition) is 2. The third-order valence-corrected chi connectivity index (χ3v) is 2.89. The molecular weight excluding hydrogens is 300 g/mol. The highest BCUT2D eigenvalue weighted by Crippen LogP contribution is 2.40. The summed E-state index contributed by atoms with van der Waals surface area (Å²) in [5, 5.41) is 8.83. The maximum absolute atomic E-state index is 8.83. The zero-order valence-electron chi connectivity index (χ0n) is 6.71. The standard InChI is InChI=1S/C9H8Br2O2/c10-6-1-5(2-7(11)3-6)9-8(4-12)13-9/h1-3,8-9,12H,4H2/t8-,9-/m0/s1. The first-order valence-electron chi connectivity index (χ1n) is 3.93. The van der Waals surface area contributed by atoms with E-state index in [0.717, 1.165) is 14.5 Å². The highest BCUT2D eigenvalue weighted by molar-refractivity contribution is 9.11. The molecule has 0 saturated carbocycles. The van der Waals surface area contributed by atoms with Crippen molar-refractivity contribution in [1.29, 1.82) is 0 Å². The van der Waals surface area contributed by atoms with Crippen molar-refractivity contribution in [3.05, 3.63) is 32.7 Å². The summed E-state index contributed by atoms with van der Waals surface area (Å²) in [6.07, 6.45) is 0.0556. The smallest absolute Gasteiger partial charge is 0.112 e. The molecule has 1 aliphatic rings. The van der Waals surface area contributed by atoms with Crippen LogP contribution in [0.25, 0.3) is 0 Å². The summed E-state index contributed by atoms with van der Waals surface area (Å²) < 4.78 is 7.31. The molecule has 0 amide bonds. The van der Waals surface area contributed by atoms with Gasteiger partial charge in [0, 0.05) is 8.95 Å². The first kappa shape index (κ1) is 9.65. The molecule has 0 aromatic heterocycles. The number of hydrogen-bond donors (Lipinski definition) is 1. The Morgan fingerprint density at radius 1 is 1.23 bits per heavy atom. The molecule has 2 rings (SSSR count). The summed E-state index contributed by atoms with van der Waals surface area (Å²) in [4.78, 5) is 0. The van der Waals surface area contributed by atoms with Crippen LogP contribution in [0.1, 0.15) is 11.7 Å². The molecule has 0 unspecified atom stereocenters. The van der Waals surface area contributed by atoms with Crippen LogP contribution >= 0.6 is 31.9 Å². The van der Waals surface area contributed by atoms with E-state index in [-0.39, 0.29) is 18.8 Å². The van der Waals surface area contributed by atoms with Gasteiger partial charge in [-0.1, -0.05) is 31.9 Å². The van der Waals surface area contributed by atoms with Gasteiger partial charge in [-0.25, -0.2) is 0 Å². The Bertz CT molecular complexity index is 307. The summed E-state index contributed by atoms with van der Waals surface area (Å²) >= 11 is 6.81. The fourth-order valence-electron chi connectivity index (χ4n) is 1.31. The van der Waals surface area contributed by atoms with Gasteiger partial charge in [0.25, 0.3) is 0 Å². The van der Waals surface area contributed by atoms with Gasteiger partial charge in [-0.05, 0) is 23.8 Å². The maximum atomic E-state index is 8.83. The zero-order valence-corrected chi connectivity index (χ0v) is 9.88. The number of ether oxygens (including phenoxy) is 1. The largest absolute Gasteiger partial charge is 0.394 e. The van der Waals surface area contributed by atoms with Crippen molar-refractivity contribution in [2.24, 2.45) is 0 Å². The van der Waals surface area contributed by atoms with Gasteiger partial charge in [0.15, 0.2) is 0 Å². The first-order valence-corrected chi connectivity index (χ1v) is 5.51. The van der Waals surface area contributed by atoms with Crippen LogP contribution in [0.4, 0.5) is 0 Å². The van der Waals surface area contributed by atoms with E-state index in [1.807, 2.05) is 18.2 Å². The minimum Gasteiger partial charge on any atom is -0.394 e. The summed E-state index contributed by atoms with van der Waals surface area (Å²) in [5.74, 6) is 0. The molecule has 1 aromatic carbocycles. The van der Waals surface area contributed by atoms with E-state index in [9.17, 15) is 0 Å². The highest BCUT2D eigenvalue weighted by atomic mass is 79.9. The van der Waals surface area contributed by atoms with Crippen LogP contribution in [0.5, 0.6) is 0 Å². The van der Waals surface area contributed by atoms with Gasteiger partial charge < -0.3 is 9.84 Å². The van der Waals surface area contributed by atoms with Crippen molar-refractivity contribution in [2.45, 2.75) is 12.2 Å². The fourth-order valence-corrected chi connectivity index (χ4v) is 2.64. The molecule has 2 atom stereocenters. The molecule has 0 bridgehead atoms. The Labute approximate surface area is 93.2 Å². The molecule has 70 valence electrons. The van der Waals surface area contributed by atoms with Crippen LogP contribution in [-0.2, 0) is 4.74 Å². The van der Waals surface area contributed by atoms with E-state index < -0.39 is 0 Å². The lowest BCUT2D eigenvalue weighted by Crippen LogP contribution is -1.94. The number of epoxide rings is 1. The normalized spacial score (nSPS) is 26.1. The van der Waals surface area contributed by atoms with Crippen LogP contribution in [0.2, 0.25) is 0 Å². The number of aliphatic hydroxyl groups excluding tert-OH is 1. The Morgan fingerprint density at radius 2 is 1.85 bits per heavy atom. The molecule has 4 heteroatoms. The molecule has 1 fully saturated rings. The van der Waals surface area contributed by atoms with E-state index >= 15 is 0 Å². The van der Waals surface area contributed by atoms with Crippen molar-refractivity contribution in [1.82, 2.24) is 0 Å². The number of benzene rings is 1.